The Morgan fingerprint density at radius 2 is 1.66 bits per heavy atom. The average molecular weight is 559 g/mol. The number of piperazine rings is 1. The van der Waals surface area contributed by atoms with Crippen molar-refractivity contribution >= 4 is 35.8 Å². The van der Waals surface area contributed by atoms with Crippen LogP contribution in [0.4, 0.5) is 0 Å². The van der Waals surface area contributed by atoms with Crippen molar-refractivity contribution in [3.05, 3.63) is 24.3 Å². The Hall–Kier alpha value is -1.75. The molecule has 1 aromatic carbocycles. The molecule has 2 aliphatic heterocycles. The Bertz CT molecular complexity index is 749. The van der Waals surface area contributed by atoms with Crippen molar-refractivity contribution in [1.82, 2.24) is 20.0 Å². The fourth-order valence-corrected chi connectivity index (χ4v) is 4.22. The number of aliphatic imine (C=N–C) groups is 1. The number of benzene rings is 1. The van der Waals surface area contributed by atoms with E-state index in [9.17, 15) is 4.79 Å². The van der Waals surface area contributed by atoms with Crippen molar-refractivity contribution in [1.29, 1.82) is 0 Å². The van der Waals surface area contributed by atoms with Gasteiger partial charge in [-0.25, -0.2) is 0 Å². The summed E-state index contributed by atoms with van der Waals surface area (Å²) in [5, 5.41) is 3.42. The molecule has 0 spiro atoms. The first kappa shape index (κ1) is 26.5. The van der Waals surface area contributed by atoms with Gasteiger partial charge in [0.05, 0.1) is 19.7 Å². The van der Waals surface area contributed by atoms with Crippen LogP contribution in [0.25, 0.3) is 0 Å². The molecule has 0 bridgehead atoms. The highest BCUT2D eigenvalue weighted by Gasteiger charge is 2.30. The normalized spacial score (nSPS) is 19.2. The zero-order valence-corrected chi connectivity index (χ0v) is 22.1. The molecular weight excluding hydrogens is 521 g/mol. The lowest BCUT2D eigenvalue weighted by Gasteiger charge is -2.39. The molecular formula is C23H38IN5O3. The Balaban J connectivity index is 0.00000363. The highest BCUT2D eigenvalue weighted by molar-refractivity contribution is 14.0. The second-order valence-corrected chi connectivity index (χ2v) is 8.24. The van der Waals surface area contributed by atoms with Crippen molar-refractivity contribution in [2.75, 3.05) is 60.0 Å². The third-order valence-corrected chi connectivity index (χ3v) is 6.09. The number of amides is 1. The van der Waals surface area contributed by atoms with Gasteiger partial charge in [-0.3, -0.25) is 14.7 Å². The molecule has 0 aromatic heterocycles. The Morgan fingerprint density at radius 3 is 2.25 bits per heavy atom. The van der Waals surface area contributed by atoms with Crippen LogP contribution in [-0.4, -0.2) is 98.7 Å². The van der Waals surface area contributed by atoms with Crippen LogP contribution in [0.15, 0.2) is 29.3 Å². The van der Waals surface area contributed by atoms with Gasteiger partial charge >= 0.3 is 0 Å². The number of rotatable bonds is 7. The second-order valence-electron chi connectivity index (χ2n) is 8.24. The lowest BCUT2D eigenvalue weighted by Crippen LogP contribution is -2.57. The van der Waals surface area contributed by atoms with Crippen LogP contribution < -0.4 is 14.8 Å². The molecule has 2 aliphatic rings. The van der Waals surface area contributed by atoms with Crippen LogP contribution in [0, 0.1) is 0 Å². The summed E-state index contributed by atoms with van der Waals surface area (Å²) >= 11 is 0. The number of nitrogens with zero attached hydrogens (tertiary/aromatic N) is 4. The van der Waals surface area contributed by atoms with E-state index in [4.69, 9.17) is 9.47 Å². The smallest absolute Gasteiger partial charge is 0.239 e. The molecule has 0 saturated carbocycles. The van der Waals surface area contributed by atoms with Crippen LogP contribution >= 0.6 is 24.0 Å². The fraction of sp³-hybridized carbons (Fsp3) is 0.652. The molecule has 2 heterocycles. The standard InChI is InChI=1S/C23H37N5O3.HI/c1-18(31-21-10-6-5-9-20(21)30-4)17-25-23(24-3)28-15-13-26(14-16-28)19(2)22(29)27-11-7-8-12-27;/h5-6,9-10,18-19H,7-8,11-17H2,1-4H3,(H,24,25);1H. The summed E-state index contributed by atoms with van der Waals surface area (Å²) in [4.78, 5) is 23.7. The lowest BCUT2D eigenvalue weighted by atomic mass is 10.2. The van der Waals surface area contributed by atoms with E-state index in [-0.39, 0.29) is 42.0 Å². The zero-order chi connectivity index (χ0) is 22.2. The van der Waals surface area contributed by atoms with E-state index in [0.717, 1.165) is 69.6 Å². The molecule has 2 unspecified atom stereocenters. The highest BCUT2D eigenvalue weighted by atomic mass is 127. The second kappa shape index (κ2) is 13.1. The maximum atomic E-state index is 12.7. The molecule has 0 aliphatic carbocycles. The molecule has 9 heteroatoms. The molecule has 1 amide bonds. The van der Waals surface area contributed by atoms with Gasteiger partial charge < -0.3 is 24.6 Å². The van der Waals surface area contributed by atoms with Crippen LogP contribution in [0.3, 0.4) is 0 Å². The molecule has 2 fully saturated rings. The van der Waals surface area contributed by atoms with E-state index in [1.165, 1.54) is 0 Å². The van der Waals surface area contributed by atoms with Crippen LogP contribution in [0.5, 0.6) is 11.5 Å². The van der Waals surface area contributed by atoms with E-state index >= 15 is 0 Å². The number of nitrogens with one attached hydrogen (secondary N) is 1. The predicted molar refractivity (Wildman–Crippen MR) is 138 cm³/mol. The van der Waals surface area contributed by atoms with Crippen LogP contribution in [0.2, 0.25) is 0 Å². The van der Waals surface area contributed by atoms with Gasteiger partial charge in [0, 0.05) is 46.3 Å². The maximum absolute atomic E-state index is 12.7. The summed E-state index contributed by atoms with van der Waals surface area (Å²) in [7, 11) is 3.45. The SMILES string of the molecule is CN=C(NCC(C)Oc1ccccc1OC)N1CCN(C(C)C(=O)N2CCCC2)CC1.I. The first-order valence-electron chi connectivity index (χ1n) is 11.3. The lowest BCUT2D eigenvalue weighted by molar-refractivity contribution is -0.135. The number of para-hydroxylation sites is 2. The number of halogens is 1. The van der Waals surface area contributed by atoms with Crippen LogP contribution in [0.1, 0.15) is 26.7 Å². The number of ether oxygens (including phenoxy) is 2. The number of methoxy groups -OCH3 is 1. The number of hydrogen-bond acceptors (Lipinski definition) is 5. The van der Waals surface area contributed by atoms with Gasteiger partial charge in [0.15, 0.2) is 17.5 Å². The zero-order valence-electron chi connectivity index (χ0n) is 19.7. The number of likely N-dealkylation sites (tertiary alicyclic amines) is 1. The molecule has 1 N–H and O–H groups in total. The quantitative estimate of drug-likeness (QED) is 0.314. The molecule has 32 heavy (non-hydrogen) atoms. The Morgan fingerprint density at radius 1 is 1.03 bits per heavy atom. The monoisotopic (exact) mass is 559 g/mol. The maximum Gasteiger partial charge on any atom is 0.239 e. The van der Waals surface area contributed by atoms with Gasteiger partial charge in [0.2, 0.25) is 5.91 Å². The minimum absolute atomic E-state index is 0. The summed E-state index contributed by atoms with van der Waals surface area (Å²) in [6, 6.07) is 7.61. The summed E-state index contributed by atoms with van der Waals surface area (Å²) in [6.45, 7) is 9.93. The van der Waals surface area contributed by atoms with Gasteiger partial charge in [-0.2, -0.15) is 0 Å². The van der Waals surface area contributed by atoms with E-state index < -0.39 is 0 Å². The van der Waals surface area contributed by atoms with E-state index in [1.54, 1.807) is 14.2 Å². The first-order valence-corrected chi connectivity index (χ1v) is 11.3. The number of guanidine groups is 1. The van der Waals surface area contributed by atoms with Crippen molar-refractivity contribution in [2.45, 2.75) is 38.8 Å². The van der Waals surface area contributed by atoms with Crippen LogP contribution in [-0.2, 0) is 4.79 Å². The minimum atomic E-state index is -0.0514. The predicted octanol–water partition coefficient (Wildman–Crippen LogP) is 2.28. The number of hydrogen-bond donors (Lipinski definition) is 1. The average Bonchev–Trinajstić information content (AvgIpc) is 3.34. The highest BCUT2D eigenvalue weighted by Crippen LogP contribution is 2.26. The molecule has 180 valence electrons. The third kappa shape index (κ3) is 6.87. The number of carbonyl (C=O) groups excluding carboxylic acids is 1. The fourth-order valence-electron chi connectivity index (χ4n) is 4.22. The summed E-state index contributed by atoms with van der Waals surface area (Å²) in [5.74, 6) is 2.61. The van der Waals surface area contributed by atoms with Crippen molar-refractivity contribution in [3.8, 4) is 11.5 Å². The Kier molecular flexibility index (Phi) is 10.8. The van der Waals surface area contributed by atoms with Crippen molar-refractivity contribution in [3.63, 3.8) is 0 Å². The summed E-state index contributed by atoms with van der Waals surface area (Å²) < 4.78 is 11.4. The van der Waals surface area contributed by atoms with Gasteiger partial charge in [-0.05, 0) is 38.8 Å². The minimum Gasteiger partial charge on any atom is -0.493 e. The molecule has 1 aromatic rings. The molecule has 2 saturated heterocycles. The van der Waals surface area contributed by atoms with Gasteiger partial charge in [0.1, 0.15) is 6.10 Å². The molecule has 8 nitrogen and oxygen atoms in total. The first-order chi connectivity index (χ1) is 15.0. The van der Waals surface area contributed by atoms with Gasteiger partial charge in [-0.1, -0.05) is 12.1 Å². The van der Waals surface area contributed by atoms with Crippen molar-refractivity contribution in [2.24, 2.45) is 4.99 Å². The summed E-state index contributed by atoms with van der Waals surface area (Å²) in [6.07, 6.45) is 2.22. The largest absolute Gasteiger partial charge is 0.493 e. The number of carbonyl (C=O) groups is 1. The summed E-state index contributed by atoms with van der Waals surface area (Å²) in [5.41, 5.74) is 0. The van der Waals surface area contributed by atoms with Gasteiger partial charge in [0.25, 0.3) is 0 Å². The van der Waals surface area contributed by atoms with E-state index in [0.29, 0.717) is 6.54 Å². The van der Waals surface area contributed by atoms with E-state index in [1.807, 2.05) is 43.0 Å². The molecule has 3 rings (SSSR count). The third-order valence-electron chi connectivity index (χ3n) is 6.09. The van der Waals surface area contributed by atoms with Gasteiger partial charge in [-0.15, -0.1) is 24.0 Å². The van der Waals surface area contributed by atoms with E-state index in [2.05, 4.69) is 20.1 Å². The Labute approximate surface area is 209 Å². The van der Waals surface area contributed by atoms with Crippen molar-refractivity contribution < 1.29 is 14.3 Å². The molecule has 0 radical (unpaired) electrons. The molecule has 2 atom stereocenters. The topological polar surface area (TPSA) is 69.6 Å².